The van der Waals surface area contributed by atoms with Crippen LogP contribution in [0, 0.1) is 5.92 Å². The number of alkyl halides is 3. The Morgan fingerprint density at radius 2 is 1.87 bits per heavy atom. The fraction of sp³-hybridized carbons (Fsp3) is 0.562. The molecule has 1 amide bonds. The van der Waals surface area contributed by atoms with E-state index in [0.717, 1.165) is 37.8 Å². The summed E-state index contributed by atoms with van der Waals surface area (Å²) in [6.07, 6.45) is -0.305. The first kappa shape index (κ1) is 17.6. The zero-order valence-corrected chi connectivity index (χ0v) is 12.7. The number of benzene rings is 1. The summed E-state index contributed by atoms with van der Waals surface area (Å²) in [6.45, 7) is 0.309. The number of nitrogens with two attached hydrogens (primary N) is 1. The van der Waals surface area contributed by atoms with E-state index in [9.17, 15) is 18.0 Å². The monoisotopic (exact) mass is 330 g/mol. The molecule has 2 rings (SSSR count). The highest BCUT2D eigenvalue weighted by Gasteiger charge is 2.30. The molecule has 3 N–H and O–H groups in total. The van der Waals surface area contributed by atoms with Crippen LogP contribution >= 0.6 is 0 Å². The molecule has 7 heteroatoms. The lowest BCUT2D eigenvalue weighted by Crippen LogP contribution is -2.46. The third-order valence-corrected chi connectivity index (χ3v) is 4.11. The van der Waals surface area contributed by atoms with Gasteiger partial charge in [0, 0.05) is 6.04 Å². The van der Waals surface area contributed by atoms with Crippen molar-refractivity contribution in [3.05, 3.63) is 29.8 Å². The minimum Gasteiger partial charge on any atom is -0.484 e. The largest absolute Gasteiger partial charge is 0.484 e. The summed E-state index contributed by atoms with van der Waals surface area (Å²) in [6, 6.07) is 4.33. The molecule has 0 aromatic heterocycles. The maximum absolute atomic E-state index is 12.4. The number of carbonyl (C=O) groups is 1. The maximum atomic E-state index is 12.4. The summed E-state index contributed by atoms with van der Waals surface area (Å²) < 4.78 is 42.6. The molecule has 1 saturated carbocycles. The topological polar surface area (TPSA) is 64.3 Å². The van der Waals surface area contributed by atoms with E-state index >= 15 is 0 Å². The van der Waals surface area contributed by atoms with Crippen molar-refractivity contribution in [2.24, 2.45) is 11.7 Å². The van der Waals surface area contributed by atoms with Gasteiger partial charge in [0.1, 0.15) is 5.75 Å². The molecule has 2 atom stereocenters. The van der Waals surface area contributed by atoms with E-state index in [-0.39, 0.29) is 30.2 Å². The van der Waals surface area contributed by atoms with Crippen LogP contribution in [0.5, 0.6) is 5.75 Å². The van der Waals surface area contributed by atoms with Gasteiger partial charge < -0.3 is 15.8 Å². The first-order valence-electron chi connectivity index (χ1n) is 7.69. The summed E-state index contributed by atoms with van der Waals surface area (Å²) in [5.41, 5.74) is 4.96. The molecule has 0 saturated heterocycles. The Hall–Kier alpha value is -1.76. The van der Waals surface area contributed by atoms with Crippen molar-refractivity contribution in [3.8, 4) is 5.75 Å². The molecule has 1 aromatic rings. The number of ether oxygens (including phenoxy) is 1. The minimum atomic E-state index is -4.38. The van der Waals surface area contributed by atoms with E-state index in [1.54, 1.807) is 0 Å². The highest BCUT2D eigenvalue weighted by molar-refractivity contribution is 5.77. The van der Waals surface area contributed by atoms with Crippen molar-refractivity contribution < 1.29 is 22.7 Å². The molecule has 1 fully saturated rings. The Morgan fingerprint density at radius 1 is 1.22 bits per heavy atom. The zero-order chi connectivity index (χ0) is 16.9. The van der Waals surface area contributed by atoms with Gasteiger partial charge in [-0.2, -0.15) is 13.2 Å². The molecule has 128 valence electrons. The molecule has 1 aliphatic carbocycles. The summed E-state index contributed by atoms with van der Waals surface area (Å²) in [4.78, 5) is 11.9. The fourth-order valence-electron chi connectivity index (χ4n) is 2.82. The second-order valence-corrected chi connectivity index (χ2v) is 5.77. The number of nitrogens with one attached hydrogen (secondary N) is 1. The van der Waals surface area contributed by atoms with E-state index in [2.05, 4.69) is 5.32 Å². The van der Waals surface area contributed by atoms with Gasteiger partial charge in [-0.1, -0.05) is 12.8 Å². The van der Waals surface area contributed by atoms with E-state index in [1.165, 1.54) is 12.1 Å². The van der Waals surface area contributed by atoms with Crippen LogP contribution in [0.2, 0.25) is 0 Å². The van der Waals surface area contributed by atoms with Crippen molar-refractivity contribution >= 4 is 5.91 Å². The molecular weight excluding hydrogens is 309 g/mol. The van der Waals surface area contributed by atoms with Gasteiger partial charge in [0.2, 0.25) is 0 Å². The summed E-state index contributed by atoms with van der Waals surface area (Å²) >= 11 is 0. The molecule has 1 aliphatic rings. The van der Waals surface area contributed by atoms with Gasteiger partial charge in [-0.3, -0.25) is 4.79 Å². The van der Waals surface area contributed by atoms with Gasteiger partial charge >= 0.3 is 6.18 Å². The predicted octanol–water partition coefficient (Wildman–Crippen LogP) is 2.72. The molecule has 1 aromatic carbocycles. The van der Waals surface area contributed by atoms with Crippen molar-refractivity contribution in [2.75, 3.05) is 13.2 Å². The third-order valence-electron chi connectivity index (χ3n) is 4.11. The van der Waals surface area contributed by atoms with Gasteiger partial charge in [-0.25, -0.2) is 0 Å². The van der Waals surface area contributed by atoms with Crippen LogP contribution in [-0.4, -0.2) is 25.1 Å². The minimum absolute atomic E-state index is 0.0532. The van der Waals surface area contributed by atoms with Crippen molar-refractivity contribution in [2.45, 2.75) is 37.9 Å². The van der Waals surface area contributed by atoms with Crippen molar-refractivity contribution in [1.29, 1.82) is 0 Å². The lowest BCUT2D eigenvalue weighted by atomic mass is 9.84. The number of hydrogen-bond acceptors (Lipinski definition) is 3. The molecule has 0 aliphatic heterocycles. The SMILES string of the molecule is NCC1CCCCC1NC(=O)COc1ccc(C(F)(F)F)cc1. The third kappa shape index (κ3) is 5.13. The van der Waals surface area contributed by atoms with Gasteiger partial charge in [-0.05, 0) is 49.6 Å². The molecule has 0 radical (unpaired) electrons. The fourth-order valence-corrected chi connectivity index (χ4v) is 2.82. The van der Waals surface area contributed by atoms with Crippen LogP contribution in [0.1, 0.15) is 31.2 Å². The van der Waals surface area contributed by atoms with E-state index in [4.69, 9.17) is 10.5 Å². The molecule has 0 bridgehead atoms. The molecule has 2 unspecified atom stereocenters. The van der Waals surface area contributed by atoms with Gasteiger partial charge in [0.15, 0.2) is 6.61 Å². The Kier molecular flexibility index (Phi) is 5.87. The van der Waals surface area contributed by atoms with Crippen molar-refractivity contribution in [3.63, 3.8) is 0 Å². The van der Waals surface area contributed by atoms with Crippen LogP contribution in [0.15, 0.2) is 24.3 Å². The summed E-state index contributed by atoms with van der Waals surface area (Å²) in [7, 11) is 0. The Balaban J connectivity index is 1.82. The number of rotatable bonds is 5. The number of halogens is 3. The quantitative estimate of drug-likeness (QED) is 0.872. The molecule has 4 nitrogen and oxygen atoms in total. The summed E-state index contributed by atoms with van der Waals surface area (Å²) in [5.74, 6) is 0.223. The number of amides is 1. The van der Waals surface area contributed by atoms with Crippen LogP contribution in [0.3, 0.4) is 0 Å². The van der Waals surface area contributed by atoms with E-state index < -0.39 is 11.7 Å². The zero-order valence-electron chi connectivity index (χ0n) is 12.7. The second-order valence-electron chi connectivity index (χ2n) is 5.77. The first-order chi connectivity index (χ1) is 10.9. The standard InChI is InChI=1S/C16H21F3N2O2/c17-16(18,19)12-5-7-13(8-6-12)23-10-15(22)21-14-4-2-1-3-11(14)9-20/h5-8,11,14H,1-4,9-10,20H2,(H,21,22). The van der Waals surface area contributed by atoms with Crippen LogP contribution in [0.25, 0.3) is 0 Å². The lowest BCUT2D eigenvalue weighted by Gasteiger charge is -2.31. The molecular formula is C16H21F3N2O2. The summed E-state index contributed by atoms with van der Waals surface area (Å²) in [5, 5.41) is 2.90. The Bertz CT molecular complexity index is 517. The van der Waals surface area contributed by atoms with Crippen LogP contribution < -0.4 is 15.8 Å². The highest BCUT2D eigenvalue weighted by atomic mass is 19.4. The average Bonchev–Trinajstić information content (AvgIpc) is 2.53. The van der Waals surface area contributed by atoms with Crippen LogP contribution in [-0.2, 0) is 11.0 Å². The maximum Gasteiger partial charge on any atom is 0.416 e. The van der Waals surface area contributed by atoms with E-state index in [1.807, 2.05) is 0 Å². The molecule has 23 heavy (non-hydrogen) atoms. The predicted molar refractivity (Wildman–Crippen MR) is 79.9 cm³/mol. The smallest absolute Gasteiger partial charge is 0.416 e. The van der Waals surface area contributed by atoms with Gasteiger partial charge in [0.25, 0.3) is 5.91 Å². The second kappa shape index (κ2) is 7.68. The number of hydrogen-bond donors (Lipinski definition) is 2. The highest BCUT2D eigenvalue weighted by Crippen LogP contribution is 2.30. The normalized spacial score (nSPS) is 21.7. The first-order valence-corrected chi connectivity index (χ1v) is 7.69. The van der Waals surface area contributed by atoms with Crippen molar-refractivity contribution in [1.82, 2.24) is 5.32 Å². The Labute approximate surface area is 133 Å². The van der Waals surface area contributed by atoms with Gasteiger partial charge in [-0.15, -0.1) is 0 Å². The van der Waals surface area contributed by atoms with Gasteiger partial charge in [0.05, 0.1) is 5.56 Å². The average molecular weight is 330 g/mol. The Morgan fingerprint density at radius 3 is 2.48 bits per heavy atom. The number of carbonyl (C=O) groups excluding carboxylic acids is 1. The van der Waals surface area contributed by atoms with Crippen LogP contribution in [0.4, 0.5) is 13.2 Å². The molecule has 0 heterocycles. The molecule has 0 spiro atoms. The van der Waals surface area contributed by atoms with E-state index in [0.29, 0.717) is 6.54 Å². The lowest BCUT2D eigenvalue weighted by molar-refractivity contribution is -0.137.